The van der Waals surface area contributed by atoms with Crippen LogP contribution in [0, 0.1) is 5.92 Å². The number of hydrogen-bond acceptors (Lipinski definition) is 3. The Balaban J connectivity index is 2.38. The number of hydrogen-bond donors (Lipinski definition) is 2. The molecule has 1 unspecified atom stereocenters. The molecule has 2 rings (SSSR count). The van der Waals surface area contributed by atoms with Crippen molar-refractivity contribution >= 4 is 5.91 Å². The third-order valence-corrected chi connectivity index (χ3v) is 4.07. The van der Waals surface area contributed by atoms with E-state index in [9.17, 15) is 18.0 Å². The van der Waals surface area contributed by atoms with E-state index in [4.69, 9.17) is 5.11 Å². The Bertz CT molecular complexity index is 790. The fourth-order valence-corrected chi connectivity index (χ4v) is 2.44. The van der Waals surface area contributed by atoms with Crippen LogP contribution in [0.1, 0.15) is 49.4 Å². The lowest BCUT2D eigenvalue weighted by Crippen LogP contribution is -2.29. The van der Waals surface area contributed by atoms with Crippen LogP contribution in [-0.2, 0) is 11.6 Å². The van der Waals surface area contributed by atoms with Gasteiger partial charge in [0.1, 0.15) is 0 Å². The van der Waals surface area contributed by atoms with Crippen molar-refractivity contribution in [1.29, 1.82) is 0 Å². The van der Waals surface area contributed by atoms with Gasteiger partial charge in [-0.3, -0.25) is 4.79 Å². The minimum atomic E-state index is -4.41. The summed E-state index contributed by atoms with van der Waals surface area (Å²) in [5.41, 5.74) is 0.182. The molecule has 0 spiro atoms. The summed E-state index contributed by atoms with van der Waals surface area (Å²) in [7, 11) is 0. The van der Waals surface area contributed by atoms with Gasteiger partial charge in [-0.05, 0) is 36.2 Å². The first-order valence-corrected chi connectivity index (χ1v) is 8.60. The van der Waals surface area contributed by atoms with Crippen molar-refractivity contribution in [3.63, 3.8) is 0 Å². The zero-order chi connectivity index (χ0) is 20.4. The topological polar surface area (TPSA) is 67.2 Å². The minimum absolute atomic E-state index is 0.0481. The highest BCUT2D eigenvalue weighted by molar-refractivity contribution is 5.92. The van der Waals surface area contributed by atoms with Crippen LogP contribution in [0.3, 0.4) is 0 Å². The van der Waals surface area contributed by atoms with Crippen LogP contribution in [0.5, 0.6) is 0 Å². The van der Waals surface area contributed by atoms with E-state index < -0.39 is 17.6 Å². The molecule has 0 aliphatic carbocycles. The molecule has 0 fully saturated rings. The molecule has 1 aromatic heterocycles. The van der Waals surface area contributed by atoms with Crippen LogP contribution >= 0.6 is 0 Å². The molecule has 2 aromatic rings. The van der Waals surface area contributed by atoms with E-state index in [0.29, 0.717) is 17.9 Å². The maximum absolute atomic E-state index is 12.8. The number of aliphatic hydroxyl groups is 1. The molecule has 0 saturated carbocycles. The van der Waals surface area contributed by atoms with Gasteiger partial charge in [0.15, 0.2) is 5.69 Å². The first-order chi connectivity index (χ1) is 12.4. The highest BCUT2D eigenvalue weighted by atomic mass is 19.4. The van der Waals surface area contributed by atoms with Crippen molar-refractivity contribution in [3.8, 4) is 5.69 Å². The monoisotopic (exact) mass is 383 g/mol. The van der Waals surface area contributed by atoms with Gasteiger partial charge < -0.3 is 10.4 Å². The molecule has 8 heteroatoms. The molecule has 0 radical (unpaired) electrons. The number of aromatic nitrogens is 2. The average Bonchev–Trinajstić information content (AvgIpc) is 3.04. The number of carbonyl (C=O) groups is 1. The quantitative estimate of drug-likeness (QED) is 0.830. The molecule has 0 aliphatic heterocycles. The molecule has 148 valence electrons. The second kappa shape index (κ2) is 7.72. The Kier molecular flexibility index (Phi) is 5.99. The molecule has 0 bridgehead atoms. The number of benzene rings is 1. The lowest BCUT2D eigenvalue weighted by atomic mass is 9.91. The van der Waals surface area contributed by atoms with Gasteiger partial charge >= 0.3 is 6.18 Å². The normalized spacial score (nSPS) is 13.5. The fraction of sp³-hybridized carbons (Fsp3) is 0.474. The number of alkyl halides is 3. The summed E-state index contributed by atoms with van der Waals surface area (Å²) in [6, 6.07) is 6.29. The average molecular weight is 383 g/mol. The largest absolute Gasteiger partial charge is 0.416 e. The summed E-state index contributed by atoms with van der Waals surface area (Å²) in [4.78, 5) is 12.4. The van der Waals surface area contributed by atoms with Crippen molar-refractivity contribution in [3.05, 3.63) is 47.3 Å². The van der Waals surface area contributed by atoms with Crippen molar-refractivity contribution in [2.75, 3.05) is 13.2 Å². The molecule has 1 aromatic carbocycles. The van der Waals surface area contributed by atoms with E-state index in [1.165, 1.54) is 16.8 Å². The maximum Gasteiger partial charge on any atom is 0.416 e. The predicted molar refractivity (Wildman–Crippen MR) is 95.8 cm³/mol. The molecular formula is C19H24F3N3O2. The summed E-state index contributed by atoms with van der Waals surface area (Å²) in [5, 5.41) is 16.1. The highest BCUT2D eigenvalue weighted by Gasteiger charge is 2.30. The molecule has 1 heterocycles. The van der Waals surface area contributed by atoms with Crippen LogP contribution in [0.4, 0.5) is 13.2 Å². The second-order valence-electron chi connectivity index (χ2n) is 7.62. The predicted octanol–water partition coefficient (Wildman–Crippen LogP) is 3.55. The van der Waals surface area contributed by atoms with E-state index in [1.807, 2.05) is 20.8 Å². The second-order valence-corrected chi connectivity index (χ2v) is 7.62. The summed E-state index contributed by atoms with van der Waals surface area (Å²) >= 11 is 0. The number of nitrogens with one attached hydrogen (secondary N) is 1. The van der Waals surface area contributed by atoms with Crippen molar-refractivity contribution < 1.29 is 23.1 Å². The fourth-order valence-electron chi connectivity index (χ4n) is 2.44. The van der Waals surface area contributed by atoms with E-state index in [2.05, 4.69) is 10.4 Å². The number of rotatable bonds is 5. The maximum atomic E-state index is 12.8. The van der Waals surface area contributed by atoms with Crippen molar-refractivity contribution in [2.45, 2.75) is 39.3 Å². The van der Waals surface area contributed by atoms with Gasteiger partial charge in [-0.2, -0.15) is 18.3 Å². The summed E-state index contributed by atoms with van der Waals surface area (Å²) in [5.74, 6) is -0.487. The lowest BCUT2D eigenvalue weighted by molar-refractivity contribution is -0.137. The van der Waals surface area contributed by atoms with Crippen molar-refractivity contribution in [2.24, 2.45) is 5.92 Å². The van der Waals surface area contributed by atoms with Gasteiger partial charge in [-0.1, -0.05) is 27.7 Å². The van der Waals surface area contributed by atoms with E-state index >= 15 is 0 Å². The zero-order valence-corrected chi connectivity index (χ0v) is 15.8. The van der Waals surface area contributed by atoms with Crippen molar-refractivity contribution in [1.82, 2.24) is 15.1 Å². The Hall–Kier alpha value is -2.35. The number of halogens is 3. The number of aliphatic hydroxyl groups excluding tert-OH is 1. The molecule has 0 saturated heterocycles. The van der Waals surface area contributed by atoms with E-state index in [-0.39, 0.29) is 23.6 Å². The number of amides is 1. The van der Waals surface area contributed by atoms with Gasteiger partial charge in [0.25, 0.3) is 5.91 Å². The SMILES string of the molecule is CC(CO)CNC(=O)c1cc(C(C)(C)C)n(-c2ccc(C(F)(F)F)cc2)n1. The molecule has 27 heavy (non-hydrogen) atoms. The lowest BCUT2D eigenvalue weighted by Gasteiger charge is -2.20. The minimum Gasteiger partial charge on any atom is -0.396 e. The molecule has 5 nitrogen and oxygen atoms in total. The van der Waals surface area contributed by atoms with Gasteiger partial charge in [-0.15, -0.1) is 0 Å². The molecule has 1 amide bonds. The standard InChI is InChI=1S/C19H24F3N3O2/c1-12(11-26)10-23-17(27)15-9-16(18(2,3)4)25(24-15)14-7-5-13(6-8-14)19(20,21)22/h5-9,12,26H,10-11H2,1-4H3,(H,23,27). The Labute approximate surface area is 156 Å². The smallest absolute Gasteiger partial charge is 0.396 e. The third kappa shape index (κ3) is 5.09. The van der Waals surface area contributed by atoms with Gasteiger partial charge in [0, 0.05) is 18.6 Å². The summed E-state index contributed by atoms with van der Waals surface area (Å²) < 4.78 is 39.9. The van der Waals surface area contributed by atoms with Gasteiger partial charge in [-0.25, -0.2) is 4.68 Å². The Morgan fingerprint density at radius 2 is 1.81 bits per heavy atom. The summed E-state index contributed by atoms with van der Waals surface area (Å²) in [6.45, 7) is 7.84. The summed E-state index contributed by atoms with van der Waals surface area (Å²) in [6.07, 6.45) is -4.41. The molecule has 2 N–H and O–H groups in total. The van der Waals surface area contributed by atoms with Crippen LogP contribution in [0.15, 0.2) is 30.3 Å². The Morgan fingerprint density at radius 3 is 2.30 bits per heavy atom. The van der Waals surface area contributed by atoms with Crippen LogP contribution in [0.25, 0.3) is 5.69 Å². The highest BCUT2D eigenvalue weighted by Crippen LogP contribution is 2.31. The van der Waals surface area contributed by atoms with E-state index in [1.54, 1.807) is 13.0 Å². The van der Waals surface area contributed by atoms with Gasteiger partial charge in [0.05, 0.1) is 16.9 Å². The number of nitrogens with zero attached hydrogens (tertiary/aromatic N) is 2. The van der Waals surface area contributed by atoms with Crippen LogP contribution in [0.2, 0.25) is 0 Å². The molecule has 0 aliphatic rings. The number of carbonyl (C=O) groups excluding carboxylic acids is 1. The third-order valence-electron chi connectivity index (χ3n) is 4.07. The molecular weight excluding hydrogens is 359 g/mol. The van der Waals surface area contributed by atoms with E-state index in [0.717, 1.165) is 12.1 Å². The zero-order valence-electron chi connectivity index (χ0n) is 15.8. The Morgan fingerprint density at radius 1 is 1.22 bits per heavy atom. The van der Waals surface area contributed by atoms with Crippen LogP contribution in [-0.4, -0.2) is 33.9 Å². The van der Waals surface area contributed by atoms with Gasteiger partial charge in [0.2, 0.25) is 0 Å². The molecule has 1 atom stereocenters. The van der Waals surface area contributed by atoms with Crippen LogP contribution < -0.4 is 5.32 Å². The first kappa shape index (κ1) is 21.0. The first-order valence-electron chi connectivity index (χ1n) is 8.60.